The summed E-state index contributed by atoms with van der Waals surface area (Å²) in [4.78, 5) is 11.1. The van der Waals surface area contributed by atoms with Crippen LogP contribution in [0.25, 0.3) is 0 Å². The zero-order valence-electron chi connectivity index (χ0n) is 9.46. The molecule has 0 aliphatic heterocycles. The van der Waals surface area contributed by atoms with E-state index in [9.17, 15) is 4.79 Å². The predicted octanol–water partition coefficient (Wildman–Crippen LogP) is 2.03. The average Bonchev–Trinajstić information content (AvgIpc) is 2.26. The summed E-state index contributed by atoms with van der Waals surface area (Å²) in [5.41, 5.74) is 2.18. The molecular weight excluding hydrogens is 190 g/mol. The zero-order chi connectivity index (χ0) is 11.3. The highest BCUT2D eigenvalue weighted by atomic mass is 16.5. The van der Waals surface area contributed by atoms with Crippen LogP contribution in [0.15, 0.2) is 18.2 Å². The molecule has 0 aliphatic rings. The van der Waals surface area contributed by atoms with Crippen molar-refractivity contribution < 1.29 is 9.53 Å². The second-order valence-corrected chi connectivity index (χ2v) is 3.45. The molecule has 1 N–H and O–H groups in total. The molecule has 1 aromatic carbocycles. The van der Waals surface area contributed by atoms with Gasteiger partial charge in [-0.1, -0.05) is 24.6 Å². The molecule has 0 atom stereocenters. The minimum atomic E-state index is 0.0542. The van der Waals surface area contributed by atoms with E-state index in [4.69, 9.17) is 4.74 Å². The molecular formula is C12H17NO2. The van der Waals surface area contributed by atoms with Crippen LogP contribution in [0.4, 0.5) is 0 Å². The van der Waals surface area contributed by atoms with Crippen molar-refractivity contribution in [3.63, 3.8) is 0 Å². The fourth-order valence-electron chi connectivity index (χ4n) is 1.36. The lowest BCUT2D eigenvalue weighted by Crippen LogP contribution is -2.21. The number of ether oxygens (including phenoxy) is 1. The molecule has 0 fully saturated rings. The third-order valence-corrected chi connectivity index (χ3v) is 2.23. The summed E-state index contributed by atoms with van der Waals surface area (Å²) < 4.78 is 5.21. The third kappa shape index (κ3) is 3.27. The molecule has 0 bridgehead atoms. The summed E-state index contributed by atoms with van der Waals surface area (Å²) in [5.74, 6) is 0.871. The number of methoxy groups -OCH3 is 1. The van der Waals surface area contributed by atoms with E-state index in [0.717, 1.165) is 16.9 Å². The molecule has 15 heavy (non-hydrogen) atoms. The van der Waals surface area contributed by atoms with Crippen molar-refractivity contribution in [2.24, 2.45) is 0 Å². The van der Waals surface area contributed by atoms with Crippen molar-refractivity contribution >= 4 is 5.91 Å². The first-order chi connectivity index (χ1) is 7.17. The Balaban J connectivity index is 2.74. The number of nitrogens with one attached hydrogen (secondary N) is 1. The number of amides is 1. The van der Waals surface area contributed by atoms with Gasteiger partial charge in [0, 0.05) is 18.5 Å². The Kier molecular flexibility index (Phi) is 4.16. The number of hydrogen-bond acceptors (Lipinski definition) is 2. The van der Waals surface area contributed by atoms with Gasteiger partial charge in [0.1, 0.15) is 5.75 Å². The summed E-state index contributed by atoms with van der Waals surface area (Å²) in [6.45, 7) is 4.38. The molecule has 3 nitrogen and oxygen atoms in total. The normalized spacial score (nSPS) is 9.80. The summed E-state index contributed by atoms with van der Waals surface area (Å²) in [7, 11) is 1.63. The molecule has 0 spiro atoms. The summed E-state index contributed by atoms with van der Waals surface area (Å²) in [6.07, 6.45) is 0.508. The maximum atomic E-state index is 11.1. The fourth-order valence-corrected chi connectivity index (χ4v) is 1.36. The molecule has 0 aliphatic carbocycles. The van der Waals surface area contributed by atoms with Crippen LogP contribution in [-0.4, -0.2) is 13.0 Å². The van der Waals surface area contributed by atoms with Gasteiger partial charge in [0.05, 0.1) is 7.11 Å². The smallest absolute Gasteiger partial charge is 0.219 e. The molecule has 1 aromatic rings. The molecule has 0 aromatic heterocycles. The second kappa shape index (κ2) is 5.39. The number of rotatable bonds is 4. The van der Waals surface area contributed by atoms with Gasteiger partial charge in [-0.15, -0.1) is 0 Å². The molecule has 1 rings (SSSR count). The van der Waals surface area contributed by atoms with Crippen LogP contribution in [0.3, 0.4) is 0 Å². The van der Waals surface area contributed by atoms with Gasteiger partial charge in [0.25, 0.3) is 0 Å². The molecule has 0 heterocycles. The van der Waals surface area contributed by atoms with Crippen molar-refractivity contribution in [3.8, 4) is 5.75 Å². The van der Waals surface area contributed by atoms with E-state index in [1.807, 2.05) is 32.0 Å². The van der Waals surface area contributed by atoms with Crippen LogP contribution in [0.2, 0.25) is 0 Å². The highest BCUT2D eigenvalue weighted by Crippen LogP contribution is 2.19. The van der Waals surface area contributed by atoms with E-state index >= 15 is 0 Å². The number of benzene rings is 1. The molecule has 1 amide bonds. The van der Waals surface area contributed by atoms with Crippen molar-refractivity contribution in [2.45, 2.75) is 26.8 Å². The number of carbonyl (C=O) groups excluding carboxylic acids is 1. The Morgan fingerprint density at radius 2 is 2.20 bits per heavy atom. The highest BCUT2D eigenvalue weighted by Gasteiger charge is 2.04. The first-order valence-electron chi connectivity index (χ1n) is 5.07. The van der Waals surface area contributed by atoms with Gasteiger partial charge in [-0.05, 0) is 13.0 Å². The Hall–Kier alpha value is -1.51. The fraction of sp³-hybridized carbons (Fsp3) is 0.417. The van der Waals surface area contributed by atoms with E-state index in [0.29, 0.717) is 13.0 Å². The van der Waals surface area contributed by atoms with Gasteiger partial charge in [0.2, 0.25) is 5.91 Å². The summed E-state index contributed by atoms with van der Waals surface area (Å²) >= 11 is 0. The lowest BCUT2D eigenvalue weighted by molar-refractivity contribution is -0.120. The van der Waals surface area contributed by atoms with Crippen molar-refractivity contribution in [2.75, 3.05) is 7.11 Å². The summed E-state index contributed by atoms with van der Waals surface area (Å²) in [6, 6.07) is 5.93. The van der Waals surface area contributed by atoms with E-state index in [2.05, 4.69) is 5.32 Å². The SMILES string of the molecule is CCC(=O)NCc1cc(C)ccc1OC. The van der Waals surface area contributed by atoms with Crippen LogP contribution in [0.5, 0.6) is 5.75 Å². The molecule has 3 heteroatoms. The maximum Gasteiger partial charge on any atom is 0.219 e. The minimum absolute atomic E-state index is 0.0542. The second-order valence-electron chi connectivity index (χ2n) is 3.45. The molecule has 0 saturated carbocycles. The lowest BCUT2D eigenvalue weighted by Gasteiger charge is -2.10. The standard InChI is InChI=1S/C12H17NO2/c1-4-12(14)13-8-10-7-9(2)5-6-11(10)15-3/h5-7H,4,8H2,1-3H3,(H,13,14). The molecule has 82 valence electrons. The van der Waals surface area contributed by atoms with Gasteiger partial charge in [-0.25, -0.2) is 0 Å². The van der Waals surface area contributed by atoms with Crippen molar-refractivity contribution in [3.05, 3.63) is 29.3 Å². The number of hydrogen-bond donors (Lipinski definition) is 1. The highest BCUT2D eigenvalue weighted by molar-refractivity contribution is 5.75. The van der Waals surface area contributed by atoms with Crippen LogP contribution in [0, 0.1) is 6.92 Å². The average molecular weight is 207 g/mol. The van der Waals surface area contributed by atoms with Crippen LogP contribution in [-0.2, 0) is 11.3 Å². The quantitative estimate of drug-likeness (QED) is 0.820. The van der Waals surface area contributed by atoms with E-state index in [1.165, 1.54) is 0 Å². The summed E-state index contributed by atoms with van der Waals surface area (Å²) in [5, 5.41) is 2.83. The Bertz CT molecular complexity index is 347. The van der Waals surface area contributed by atoms with Gasteiger partial charge in [-0.3, -0.25) is 4.79 Å². The molecule has 0 saturated heterocycles. The van der Waals surface area contributed by atoms with Gasteiger partial charge < -0.3 is 10.1 Å². The number of aryl methyl sites for hydroxylation is 1. The van der Waals surface area contributed by atoms with Gasteiger partial charge in [-0.2, -0.15) is 0 Å². The Labute approximate surface area is 90.4 Å². The van der Waals surface area contributed by atoms with Gasteiger partial charge >= 0.3 is 0 Å². The topological polar surface area (TPSA) is 38.3 Å². The number of carbonyl (C=O) groups is 1. The Morgan fingerprint density at radius 1 is 1.47 bits per heavy atom. The first kappa shape index (κ1) is 11.6. The van der Waals surface area contributed by atoms with E-state index < -0.39 is 0 Å². The van der Waals surface area contributed by atoms with Gasteiger partial charge in [0.15, 0.2) is 0 Å². The largest absolute Gasteiger partial charge is 0.496 e. The van der Waals surface area contributed by atoms with Crippen molar-refractivity contribution in [1.82, 2.24) is 5.32 Å². The predicted molar refractivity (Wildman–Crippen MR) is 59.9 cm³/mol. The van der Waals surface area contributed by atoms with Crippen molar-refractivity contribution in [1.29, 1.82) is 0 Å². The lowest BCUT2D eigenvalue weighted by atomic mass is 10.1. The third-order valence-electron chi connectivity index (χ3n) is 2.23. The van der Waals surface area contributed by atoms with E-state index in [-0.39, 0.29) is 5.91 Å². The van der Waals surface area contributed by atoms with Crippen LogP contribution >= 0.6 is 0 Å². The zero-order valence-corrected chi connectivity index (χ0v) is 9.46. The maximum absolute atomic E-state index is 11.1. The Morgan fingerprint density at radius 3 is 2.80 bits per heavy atom. The van der Waals surface area contributed by atoms with Crippen LogP contribution < -0.4 is 10.1 Å². The minimum Gasteiger partial charge on any atom is -0.496 e. The molecule has 0 radical (unpaired) electrons. The van der Waals surface area contributed by atoms with E-state index in [1.54, 1.807) is 7.11 Å². The molecule has 0 unspecified atom stereocenters. The monoisotopic (exact) mass is 207 g/mol. The first-order valence-corrected chi connectivity index (χ1v) is 5.07. The van der Waals surface area contributed by atoms with Crippen LogP contribution in [0.1, 0.15) is 24.5 Å².